The van der Waals surface area contributed by atoms with E-state index in [1.54, 1.807) is 26.1 Å². The summed E-state index contributed by atoms with van der Waals surface area (Å²) in [5.41, 5.74) is 1.65. The molecule has 1 aromatic carbocycles. The maximum atomic E-state index is 12.6. The van der Waals surface area contributed by atoms with E-state index in [0.29, 0.717) is 31.7 Å². The molecule has 0 spiro atoms. The number of guanidine groups is 1. The lowest BCUT2D eigenvalue weighted by atomic mass is 10.1. The van der Waals surface area contributed by atoms with Crippen molar-refractivity contribution in [3.8, 4) is 6.07 Å². The molecule has 0 aliphatic carbocycles. The SMILES string of the molecule is CCN(CC1CCN(C(=NC)NCc2ccc(C#N)cc2)C1)CC(F)(F)F. The fourth-order valence-electron chi connectivity index (χ4n) is 3.31. The molecule has 1 aromatic rings. The third-order valence-electron chi connectivity index (χ3n) is 4.70. The predicted molar refractivity (Wildman–Crippen MR) is 99.2 cm³/mol. The van der Waals surface area contributed by atoms with Crippen molar-refractivity contribution in [2.24, 2.45) is 10.9 Å². The molecule has 8 heteroatoms. The van der Waals surface area contributed by atoms with Crippen LogP contribution < -0.4 is 5.32 Å². The van der Waals surface area contributed by atoms with Crippen molar-refractivity contribution in [2.75, 3.05) is 39.8 Å². The van der Waals surface area contributed by atoms with Crippen molar-refractivity contribution < 1.29 is 13.2 Å². The summed E-state index contributed by atoms with van der Waals surface area (Å²) in [4.78, 5) is 7.85. The minimum atomic E-state index is -4.16. The number of halogens is 3. The van der Waals surface area contributed by atoms with Gasteiger partial charge in [-0.15, -0.1) is 0 Å². The smallest absolute Gasteiger partial charge is 0.352 e. The van der Waals surface area contributed by atoms with Crippen molar-refractivity contribution in [1.82, 2.24) is 15.1 Å². The normalized spacial score (nSPS) is 18.0. The van der Waals surface area contributed by atoms with E-state index < -0.39 is 12.7 Å². The largest absolute Gasteiger partial charge is 0.401 e. The molecule has 0 aromatic heterocycles. The van der Waals surface area contributed by atoms with Gasteiger partial charge in [-0.05, 0) is 36.6 Å². The lowest BCUT2D eigenvalue weighted by Crippen LogP contribution is -2.41. The summed E-state index contributed by atoms with van der Waals surface area (Å²) in [6.07, 6.45) is -3.31. The molecule has 1 saturated heterocycles. The van der Waals surface area contributed by atoms with Gasteiger partial charge in [0.05, 0.1) is 18.2 Å². The van der Waals surface area contributed by atoms with E-state index in [2.05, 4.69) is 21.3 Å². The number of benzene rings is 1. The second-order valence-corrected chi connectivity index (χ2v) is 6.75. The third-order valence-corrected chi connectivity index (χ3v) is 4.70. The Labute approximate surface area is 158 Å². The summed E-state index contributed by atoms with van der Waals surface area (Å²) in [7, 11) is 1.70. The highest BCUT2D eigenvalue weighted by atomic mass is 19.4. The molecule has 1 fully saturated rings. The first-order valence-electron chi connectivity index (χ1n) is 9.08. The van der Waals surface area contributed by atoms with E-state index in [9.17, 15) is 13.2 Å². The molecule has 0 amide bonds. The highest BCUT2D eigenvalue weighted by molar-refractivity contribution is 5.80. The Kier molecular flexibility index (Phi) is 7.48. The van der Waals surface area contributed by atoms with Crippen molar-refractivity contribution >= 4 is 5.96 Å². The van der Waals surface area contributed by atoms with Crippen LogP contribution in [0.4, 0.5) is 13.2 Å². The van der Waals surface area contributed by atoms with Gasteiger partial charge in [-0.1, -0.05) is 19.1 Å². The number of nitriles is 1. The quantitative estimate of drug-likeness (QED) is 0.608. The van der Waals surface area contributed by atoms with Gasteiger partial charge in [-0.25, -0.2) is 0 Å². The van der Waals surface area contributed by atoms with Gasteiger partial charge in [0.15, 0.2) is 5.96 Å². The Balaban J connectivity index is 1.85. The van der Waals surface area contributed by atoms with Crippen molar-refractivity contribution in [2.45, 2.75) is 26.1 Å². The molecule has 1 N–H and O–H groups in total. The summed E-state index contributed by atoms with van der Waals surface area (Å²) < 4.78 is 37.9. The van der Waals surface area contributed by atoms with Crippen LogP contribution in [0.5, 0.6) is 0 Å². The summed E-state index contributed by atoms with van der Waals surface area (Å²) in [5, 5.41) is 12.1. The predicted octanol–water partition coefficient (Wildman–Crippen LogP) is 2.84. The molecule has 1 heterocycles. The molecule has 2 rings (SSSR count). The minimum absolute atomic E-state index is 0.195. The number of alkyl halides is 3. The van der Waals surface area contributed by atoms with E-state index in [-0.39, 0.29) is 5.92 Å². The highest BCUT2D eigenvalue weighted by Gasteiger charge is 2.32. The Morgan fingerprint density at radius 2 is 2.07 bits per heavy atom. The van der Waals surface area contributed by atoms with Crippen LogP contribution in [0.1, 0.15) is 24.5 Å². The monoisotopic (exact) mass is 381 g/mol. The lowest BCUT2D eigenvalue weighted by molar-refractivity contribution is -0.146. The Hall–Kier alpha value is -2.27. The van der Waals surface area contributed by atoms with Crippen LogP contribution in [-0.4, -0.2) is 61.7 Å². The van der Waals surface area contributed by atoms with Gasteiger partial charge in [-0.2, -0.15) is 18.4 Å². The Morgan fingerprint density at radius 1 is 1.37 bits per heavy atom. The van der Waals surface area contributed by atoms with Crippen molar-refractivity contribution in [3.05, 3.63) is 35.4 Å². The molecular weight excluding hydrogens is 355 g/mol. The van der Waals surface area contributed by atoms with Crippen LogP contribution in [0.25, 0.3) is 0 Å². The van der Waals surface area contributed by atoms with E-state index in [1.165, 1.54) is 4.90 Å². The standard InChI is InChI=1S/C19H26F3N5/c1-3-26(14-19(20,21)22)12-17-8-9-27(13-17)18(24-2)25-11-16-6-4-15(10-23)5-7-16/h4-7,17H,3,8-9,11-14H2,1-2H3,(H,24,25). The van der Waals surface area contributed by atoms with E-state index in [4.69, 9.17) is 5.26 Å². The van der Waals surface area contributed by atoms with Gasteiger partial charge >= 0.3 is 6.18 Å². The summed E-state index contributed by atoms with van der Waals surface area (Å²) in [5.74, 6) is 0.946. The van der Waals surface area contributed by atoms with Crippen LogP contribution in [-0.2, 0) is 6.54 Å². The molecule has 1 aliphatic heterocycles. The number of rotatable bonds is 6. The topological polar surface area (TPSA) is 54.7 Å². The van der Waals surface area contributed by atoms with Gasteiger partial charge in [0, 0.05) is 33.2 Å². The minimum Gasteiger partial charge on any atom is -0.352 e. The number of hydrogen-bond acceptors (Lipinski definition) is 3. The molecule has 148 valence electrons. The maximum absolute atomic E-state index is 12.6. The fourth-order valence-corrected chi connectivity index (χ4v) is 3.31. The number of aliphatic imine (C=N–C) groups is 1. The molecule has 0 radical (unpaired) electrons. The summed E-state index contributed by atoms with van der Waals surface area (Å²) in [6.45, 7) is 3.79. The van der Waals surface area contributed by atoms with Crippen LogP contribution in [0, 0.1) is 17.2 Å². The number of nitrogens with one attached hydrogen (secondary N) is 1. The van der Waals surface area contributed by atoms with E-state index >= 15 is 0 Å². The molecule has 1 aliphatic rings. The lowest BCUT2D eigenvalue weighted by Gasteiger charge is -2.26. The Morgan fingerprint density at radius 3 is 2.63 bits per heavy atom. The zero-order valence-corrected chi connectivity index (χ0v) is 15.8. The fraction of sp³-hybridized carbons (Fsp3) is 0.579. The van der Waals surface area contributed by atoms with E-state index in [1.807, 2.05) is 12.1 Å². The number of nitrogens with zero attached hydrogens (tertiary/aromatic N) is 4. The maximum Gasteiger partial charge on any atom is 0.401 e. The van der Waals surface area contributed by atoms with Gasteiger partial charge < -0.3 is 10.2 Å². The van der Waals surface area contributed by atoms with Crippen molar-refractivity contribution in [3.63, 3.8) is 0 Å². The average Bonchev–Trinajstić information content (AvgIpc) is 3.09. The zero-order chi connectivity index (χ0) is 19.9. The number of likely N-dealkylation sites (tertiary alicyclic amines) is 1. The zero-order valence-electron chi connectivity index (χ0n) is 15.8. The highest BCUT2D eigenvalue weighted by Crippen LogP contribution is 2.21. The average molecular weight is 381 g/mol. The first kappa shape index (κ1) is 21.0. The molecule has 27 heavy (non-hydrogen) atoms. The van der Waals surface area contributed by atoms with Gasteiger partial charge in [0.1, 0.15) is 0 Å². The second-order valence-electron chi connectivity index (χ2n) is 6.75. The van der Waals surface area contributed by atoms with Crippen LogP contribution >= 0.6 is 0 Å². The Bertz CT molecular complexity index is 663. The molecule has 0 bridgehead atoms. The molecule has 1 atom stereocenters. The first-order chi connectivity index (χ1) is 12.8. The molecule has 1 unspecified atom stereocenters. The summed E-state index contributed by atoms with van der Waals surface area (Å²) >= 11 is 0. The number of hydrogen-bond donors (Lipinski definition) is 1. The molecule has 5 nitrogen and oxygen atoms in total. The van der Waals surface area contributed by atoms with Crippen LogP contribution in [0.2, 0.25) is 0 Å². The summed E-state index contributed by atoms with van der Waals surface area (Å²) in [6, 6.07) is 9.41. The van der Waals surface area contributed by atoms with Gasteiger partial charge in [0.2, 0.25) is 0 Å². The third kappa shape index (κ3) is 6.75. The van der Waals surface area contributed by atoms with Crippen molar-refractivity contribution in [1.29, 1.82) is 5.26 Å². The second kappa shape index (κ2) is 9.60. The molecular formula is C19H26F3N5. The van der Waals surface area contributed by atoms with Crippen LogP contribution in [0.3, 0.4) is 0 Å². The van der Waals surface area contributed by atoms with E-state index in [0.717, 1.165) is 24.5 Å². The molecule has 0 saturated carbocycles. The van der Waals surface area contributed by atoms with Gasteiger partial charge in [0.25, 0.3) is 0 Å². The van der Waals surface area contributed by atoms with Gasteiger partial charge in [-0.3, -0.25) is 9.89 Å². The van der Waals surface area contributed by atoms with Crippen LogP contribution in [0.15, 0.2) is 29.3 Å². The first-order valence-corrected chi connectivity index (χ1v) is 9.08.